The summed E-state index contributed by atoms with van der Waals surface area (Å²) in [5, 5.41) is 0. The summed E-state index contributed by atoms with van der Waals surface area (Å²) < 4.78 is 26.9. The summed E-state index contributed by atoms with van der Waals surface area (Å²) >= 11 is 3.56. The molecule has 0 fully saturated rings. The van der Waals surface area contributed by atoms with Gasteiger partial charge in [0.25, 0.3) is 5.56 Å². The van der Waals surface area contributed by atoms with Crippen LogP contribution in [0.2, 0.25) is 0 Å². The topological polar surface area (TPSA) is 108 Å². The number of terminal acetylenes is 1. The van der Waals surface area contributed by atoms with E-state index in [0.717, 1.165) is 33.9 Å². The Morgan fingerprint density at radius 3 is 2.43 bits per heavy atom. The molecule has 0 atom stereocenters. The zero-order valence-electron chi connectivity index (χ0n) is 21.4. The monoisotopic (exact) mass is 592 g/mol. The Hall–Kier alpha value is -2.44. The molecule has 0 saturated heterocycles. The number of hydrogen-bond donors (Lipinski definition) is 1. The normalized spacial score (nSPS) is 11.7. The van der Waals surface area contributed by atoms with Crippen LogP contribution in [0.25, 0.3) is 11.2 Å². The van der Waals surface area contributed by atoms with Crippen molar-refractivity contribution >= 4 is 34.7 Å². The Balaban J connectivity index is 1.73. The number of hydrogen-bond acceptors (Lipinski definition) is 6. The van der Waals surface area contributed by atoms with E-state index in [1.807, 2.05) is 24.3 Å². The molecule has 11 heteroatoms. The van der Waals surface area contributed by atoms with Gasteiger partial charge >= 0.3 is 13.3 Å². The molecule has 0 spiro atoms. The molecule has 2 aromatic heterocycles. The molecule has 0 saturated carbocycles. The third-order valence-electron chi connectivity index (χ3n) is 5.96. The highest BCUT2D eigenvalue weighted by atomic mass is 79.9. The van der Waals surface area contributed by atoms with Gasteiger partial charge in [-0.2, -0.15) is 0 Å². The van der Waals surface area contributed by atoms with Gasteiger partial charge < -0.3 is 14.0 Å². The van der Waals surface area contributed by atoms with Crippen LogP contribution in [0.4, 0.5) is 0 Å². The van der Waals surface area contributed by atoms with Crippen molar-refractivity contribution in [3.8, 4) is 12.3 Å². The van der Waals surface area contributed by atoms with Crippen molar-refractivity contribution in [2.45, 2.75) is 65.5 Å². The van der Waals surface area contributed by atoms with Crippen molar-refractivity contribution in [1.82, 2.24) is 19.1 Å². The second-order valence-electron chi connectivity index (χ2n) is 8.59. The maximum Gasteiger partial charge on any atom is 0.333 e. The summed E-state index contributed by atoms with van der Waals surface area (Å²) in [5.74, 6) is 3.03. The van der Waals surface area contributed by atoms with Crippen molar-refractivity contribution in [1.29, 1.82) is 0 Å². The second kappa shape index (κ2) is 13.9. The zero-order chi connectivity index (χ0) is 26.8. The van der Waals surface area contributed by atoms with Gasteiger partial charge in [-0.15, -0.1) is 6.42 Å². The number of imidazole rings is 1. The average molecular weight is 593 g/mol. The van der Waals surface area contributed by atoms with E-state index in [0.29, 0.717) is 56.7 Å². The van der Waals surface area contributed by atoms with Crippen molar-refractivity contribution < 1.29 is 13.6 Å². The number of halogens is 1. The van der Waals surface area contributed by atoms with Gasteiger partial charge in [-0.3, -0.25) is 13.9 Å². The number of unbranched alkanes of at least 4 members (excludes halogenated alkanes) is 3. The molecule has 0 aliphatic carbocycles. The predicted molar refractivity (Wildman–Crippen MR) is 149 cm³/mol. The van der Waals surface area contributed by atoms with E-state index >= 15 is 0 Å². The number of aromatic amines is 1. The van der Waals surface area contributed by atoms with Crippen molar-refractivity contribution in [2.24, 2.45) is 0 Å². The van der Waals surface area contributed by atoms with Crippen LogP contribution >= 0.6 is 23.5 Å². The fourth-order valence-electron chi connectivity index (χ4n) is 4.21. The number of nitrogens with one attached hydrogen (secondary N) is 1. The van der Waals surface area contributed by atoms with Crippen LogP contribution < -0.4 is 11.2 Å². The lowest BCUT2D eigenvalue weighted by Crippen LogP contribution is -2.40. The van der Waals surface area contributed by atoms with Gasteiger partial charge in [-0.1, -0.05) is 52.9 Å². The third-order valence-corrected chi connectivity index (χ3v) is 8.90. The van der Waals surface area contributed by atoms with Gasteiger partial charge in [0.1, 0.15) is 11.3 Å². The van der Waals surface area contributed by atoms with Crippen molar-refractivity contribution in [3.05, 3.63) is 61.0 Å². The molecule has 0 amide bonds. The van der Waals surface area contributed by atoms with Gasteiger partial charge in [0.2, 0.25) is 0 Å². The summed E-state index contributed by atoms with van der Waals surface area (Å²) in [4.78, 5) is 33.8. The van der Waals surface area contributed by atoms with E-state index in [1.165, 1.54) is 4.57 Å². The average Bonchev–Trinajstić information content (AvgIpc) is 3.30. The standard InChI is InChI=1S/C26H34BrN4O5P/c1-4-17-31-25(32)23-24(29-22(28-23)16-15-20-13-9-10-14-21(20)27)30(26(31)33)18-11-7-8-12-19-37(34,35-5-2)36-6-3/h1,9-10,13-14H,5-8,11-12,15-19H2,2-3H3,(H,28,29). The fourth-order valence-corrected chi connectivity index (χ4v) is 6.42. The number of fused-ring (bicyclic) bond motifs is 1. The summed E-state index contributed by atoms with van der Waals surface area (Å²) in [7, 11) is -3.04. The molecule has 1 N–H and O–H groups in total. The first kappa shape index (κ1) is 29.1. The van der Waals surface area contributed by atoms with Gasteiger partial charge in [0.05, 0.1) is 25.9 Å². The highest BCUT2D eigenvalue weighted by Gasteiger charge is 2.22. The molecule has 0 bridgehead atoms. The lowest BCUT2D eigenvalue weighted by atomic mass is 10.1. The summed E-state index contributed by atoms with van der Waals surface area (Å²) in [5.41, 5.74) is 0.838. The van der Waals surface area contributed by atoms with Gasteiger partial charge in [-0.05, 0) is 44.7 Å². The second-order valence-corrected chi connectivity index (χ2v) is 11.6. The quantitative estimate of drug-likeness (QED) is 0.153. The number of H-pyrrole nitrogens is 1. The minimum atomic E-state index is -3.04. The maximum absolute atomic E-state index is 13.1. The minimum absolute atomic E-state index is 0.108. The van der Waals surface area contributed by atoms with Crippen LogP contribution in [-0.2, 0) is 39.5 Å². The molecular weight excluding hydrogens is 559 g/mol. The number of aromatic nitrogens is 4. The maximum atomic E-state index is 13.1. The van der Waals surface area contributed by atoms with Crippen LogP contribution in [0.5, 0.6) is 0 Å². The number of nitrogens with zero attached hydrogens (tertiary/aromatic N) is 3. The Labute approximate surface area is 225 Å². The van der Waals surface area contributed by atoms with E-state index in [1.54, 1.807) is 13.8 Å². The summed E-state index contributed by atoms with van der Waals surface area (Å²) in [6.07, 6.45) is 10.1. The van der Waals surface area contributed by atoms with Crippen LogP contribution in [0.15, 0.2) is 38.3 Å². The smallest absolute Gasteiger partial charge is 0.333 e. The molecule has 9 nitrogen and oxygen atoms in total. The largest absolute Gasteiger partial charge is 0.336 e. The highest BCUT2D eigenvalue weighted by molar-refractivity contribution is 9.10. The van der Waals surface area contributed by atoms with E-state index < -0.39 is 18.8 Å². The predicted octanol–water partition coefficient (Wildman–Crippen LogP) is 4.89. The fraction of sp³-hybridized carbons (Fsp3) is 0.500. The molecule has 2 heterocycles. The number of rotatable bonds is 15. The lowest BCUT2D eigenvalue weighted by Gasteiger charge is -2.16. The first-order valence-electron chi connectivity index (χ1n) is 12.6. The van der Waals surface area contributed by atoms with Crippen molar-refractivity contribution in [2.75, 3.05) is 19.4 Å². The zero-order valence-corrected chi connectivity index (χ0v) is 23.9. The van der Waals surface area contributed by atoms with Gasteiger partial charge in [0.15, 0.2) is 5.65 Å². The summed E-state index contributed by atoms with van der Waals surface area (Å²) in [6.45, 7) is 4.57. The number of aryl methyl sites for hydroxylation is 3. The van der Waals surface area contributed by atoms with E-state index in [-0.39, 0.29) is 12.1 Å². The van der Waals surface area contributed by atoms with Crippen LogP contribution in [-0.4, -0.2) is 38.5 Å². The Morgan fingerprint density at radius 2 is 1.76 bits per heavy atom. The molecule has 0 aliphatic rings. The highest BCUT2D eigenvalue weighted by Crippen LogP contribution is 2.48. The third kappa shape index (κ3) is 7.55. The SMILES string of the molecule is C#CCn1c(=O)c2[nH]c(CCc3ccccc3Br)nc2n(CCCCCCP(=O)(OCC)OCC)c1=O. The Morgan fingerprint density at radius 1 is 1.05 bits per heavy atom. The molecular formula is C26H34BrN4O5P. The molecule has 1 aromatic carbocycles. The van der Waals surface area contributed by atoms with Crippen molar-refractivity contribution in [3.63, 3.8) is 0 Å². The van der Waals surface area contributed by atoms with Crippen LogP contribution in [0.1, 0.15) is 50.9 Å². The lowest BCUT2D eigenvalue weighted by molar-refractivity contribution is 0.219. The van der Waals surface area contributed by atoms with Gasteiger partial charge in [0, 0.05) is 17.4 Å². The molecule has 0 aliphatic heterocycles. The van der Waals surface area contributed by atoms with E-state index in [4.69, 9.17) is 15.5 Å². The van der Waals surface area contributed by atoms with Crippen LogP contribution in [0, 0.1) is 12.3 Å². The molecule has 3 aromatic rings. The molecule has 37 heavy (non-hydrogen) atoms. The Kier molecular flexibility index (Phi) is 11.0. The van der Waals surface area contributed by atoms with Crippen LogP contribution in [0.3, 0.4) is 0 Å². The number of benzene rings is 1. The van der Waals surface area contributed by atoms with E-state index in [9.17, 15) is 14.2 Å². The molecule has 3 rings (SSSR count). The first-order chi connectivity index (χ1) is 17.8. The molecule has 0 radical (unpaired) electrons. The van der Waals surface area contributed by atoms with Gasteiger partial charge in [-0.25, -0.2) is 14.3 Å². The molecule has 200 valence electrons. The van der Waals surface area contributed by atoms with E-state index in [2.05, 4.69) is 31.8 Å². The Bertz CT molecular complexity index is 1390. The first-order valence-corrected chi connectivity index (χ1v) is 15.1. The minimum Gasteiger partial charge on any atom is -0.336 e. The molecule has 0 unspecified atom stereocenters. The summed E-state index contributed by atoms with van der Waals surface area (Å²) in [6, 6.07) is 7.94.